The van der Waals surface area contributed by atoms with Crippen molar-refractivity contribution in [3.8, 4) is 5.75 Å². The van der Waals surface area contributed by atoms with Crippen LogP contribution in [0.15, 0.2) is 41.8 Å². The van der Waals surface area contributed by atoms with Crippen LogP contribution in [-0.4, -0.2) is 22.5 Å². The summed E-state index contributed by atoms with van der Waals surface area (Å²) >= 11 is 1.67. The van der Waals surface area contributed by atoms with Crippen LogP contribution in [0.4, 0.5) is 0 Å². The second-order valence-corrected chi connectivity index (χ2v) is 5.65. The lowest BCUT2D eigenvalue weighted by molar-refractivity contribution is -0.131. The van der Waals surface area contributed by atoms with Gasteiger partial charge < -0.3 is 10.0 Å². The van der Waals surface area contributed by atoms with Gasteiger partial charge in [0, 0.05) is 17.8 Å². The number of benzene rings is 1. The van der Waals surface area contributed by atoms with Crippen molar-refractivity contribution in [1.29, 1.82) is 0 Å². The predicted molar refractivity (Wildman–Crippen MR) is 81.8 cm³/mol. The number of phenolic OH excluding ortho intramolecular Hbond substituents is 1. The minimum Gasteiger partial charge on any atom is -0.508 e. The Morgan fingerprint density at radius 2 is 2.05 bits per heavy atom. The van der Waals surface area contributed by atoms with E-state index in [1.807, 2.05) is 41.5 Å². The van der Waals surface area contributed by atoms with Gasteiger partial charge in [0.25, 0.3) is 0 Å². The number of aryl methyl sites for hydroxylation is 1. The molecular weight excluding hydrogens is 270 g/mol. The third-order valence-corrected chi connectivity index (χ3v) is 4.12. The third kappa shape index (κ3) is 3.84. The van der Waals surface area contributed by atoms with E-state index >= 15 is 0 Å². The van der Waals surface area contributed by atoms with Crippen molar-refractivity contribution >= 4 is 17.2 Å². The van der Waals surface area contributed by atoms with E-state index in [1.165, 1.54) is 4.88 Å². The summed E-state index contributed by atoms with van der Waals surface area (Å²) < 4.78 is 0. The average Bonchev–Trinajstić information content (AvgIpc) is 2.96. The van der Waals surface area contributed by atoms with E-state index in [4.69, 9.17) is 0 Å². The summed E-state index contributed by atoms with van der Waals surface area (Å²) in [5, 5.41) is 11.7. The summed E-state index contributed by atoms with van der Waals surface area (Å²) in [6, 6.07) is 11.2. The normalized spacial score (nSPS) is 10.4. The van der Waals surface area contributed by atoms with Crippen LogP contribution in [0.3, 0.4) is 0 Å². The summed E-state index contributed by atoms with van der Waals surface area (Å²) in [5.74, 6) is 0.394. The molecule has 0 spiro atoms. The van der Waals surface area contributed by atoms with Crippen molar-refractivity contribution in [3.05, 3.63) is 52.2 Å². The first-order valence-electron chi connectivity index (χ1n) is 6.77. The van der Waals surface area contributed by atoms with Gasteiger partial charge in [-0.05, 0) is 36.4 Å². The largest absolute Gasteiger partial charge is 0.508 e. The molecule has 2 rings (SSSR count). The third-order valence-electron chi connectivity index (χ3n) is 3.26. The maximum Gasteiger partial charge on any atom is 0.223 e. The fourth-order valence-electron chi connectivity index (χ4n) is 2.09. The molecule has 0 atom stereocenters. The van der Waals surface area contributed by atoms with Crippen molar-refractivity contribution in [2.45, 2.75) is 26.3 Å². The fourth-order valence-corrected chi connectivity index (χ4v) is 2.81. The molecule has 0 saturated heterocycles. The van der Waals surface area contributed by atoms with Crippen molar-refractivity contribution in [3.63, 3.8) is 0 Å². The highest BCUT2D eigenvalue weighted by Crippen LogP contribution is 2.18. The van der Waals surface area contributed by atoms with E-state index in [0.29, 0.717) is 25.9 Å². The summed E-state index contributed by atoms with van der Waals surface area (Å²) in [6.07, 6.45) is 1.00. The number of thiophene rings is 1. The molecule has 1 N–H and O–H groups in total. The Balaban J connectivity index is 1.91. The lowest BCUT2D eigenvalue weighted by atomic mass is 10.1. The molecule has 1 heterocycles. The van der Waals surface area contributed by atoms with Crippen LogP contribution in [0.2, 0.25) is 0 Å². The average molecular weight is 289 g/mol. The lowest BCUT2D eigenvalue weighted by Gasteiger charge is -2.20. The molecule has 0 saturated carbocycles. The molecular formula is C16H19NO2S. The smallest absolute Gasteiger partial charge is 0.223 e. The molecule has 0 radical (unpaired) electrons. The minimum absolute atomic E-state index is 0.129. The molecule has 20 heavy (non-hydrogen) atoms. The van der Waals surface area contributed by atoms with E-state index < -0.39 is 0 Å². The Bertz CT molecular complexity index is 551. The molecule has 0 aliphatic heterocycles. The zero-order valence-electron chi connectivity index (χ0n) is 11.6. The van der Waals surface area contributed by atoms with E-state index in [-0.39, 0.29) is 11.7 Å². The maximum atomic E-state index is 12.2. The first-order chi connectivity index (χ1) is 9.70. The highest BCUT2D eigenvalue weighted by molar-refractivity contribution is 7.09. The Hall–Kier alpha value is -1.81. The molecule has 2 aromatic rings. The van der Waals surface area contributed by atoms with Crippen LogP contribution in [-0.2, 0) is 17.8 Å². The first-order valence-corrected chi connectivity index (χ1v) is 7.65. The summed E-state index contributed by atoms with van der Waals surface area (Å²) in [5.41, 5.74) is 0.827. The topological polar surface area (TPSA) is 40.5 Å². The number of carbonyl (C=O) groups is 1. The number of para-hydroxylation sites is 1. The standard InChI is InChI=1S/C16H19NO2S/c1-2-17(12-14-7-5-11-20-14)16(19)10-9-13-6-3-4-8-15(13)18/h3-8,11,18H,2,9-10,12H2,1H3. The summed E-state index contributed by atoms with van der Waals surface area (Å²) in [6.45, 7) is 3.37. The van der Waals surface area contributed by atoms with Crippen molar-refractivity contribution in [1.82, 2.24) is 4.90 Å². The lowest BCUT2D eigenvalue weighted by Crippen LogP contribution is -2.30. The second kappa shape index (κ2) is 7.10. The molecule has 0 aliphatic carbocycles. The van der Waals surface area contributed by atoms with Gasteiger partial charge >= 0.3 is 0 Å². The van der Waals surface area contributed by atoms with E-state index in [2.05, 4.69) is 0 Å². The van der Waals surface area contributed by atoms with Gasteiger partial charge in [-0.1, -0.05) is 24.3 Å². The molecule has 0 unspecified atom stereocenters. The van der Waals surface area contributed by atoms with E-state index in [0.717, 1.165) is 5.56 Å². The Labute approximate surface area is 123 Å². The quantitative estimate of drug-likeness (QED) is 0.885. The van der Waals surface area contributed by atoms with Gasteiger partial charge in [-0.25, -0.2) is 0 Å². The molecule has 0 aliphatic rings. The molecule has 0 fully saturated rings. The number of carbonyl (C=O) groups excluding carboxylic acids is 1. The van der Waals surface area contributed by atoms with Crippen LogP contribution in [0, 0.1) is 0 Å². The predicted octanol–water partition coefficient (Wildman–Crippen LogP) is 3.44. The van der Waals surface area contributed by atoms with E-state index in [9.17, 15) is 9.90 Å². The van der Waals surface area contributed by atoms with Gasteiger partial charge in [-0.15, -0.1) is 11.3 Å². The number of amides is 1. The van der Waals surface area contributed by atoms with E-state index in [1.54, 1.807) is 23.5 Å². The van der Waals surface area contributed by atoms with Crippen LogP contribution < -0.4 is 0 Å². The Morgan fingerprint density at radius 3 is 2.70 bits per heavy atom. The zero-order valence-corrected chi connectivity index (χ0v) is 12.4. The highest BCUT2D eigenvalue weighted by Gasteiger charge is 2.13. The molecule has 106 valence electrons. The van der Waals surface area contributed by atoms with Crippen LogP contribution in [0.1, 0.15) is 23.8 Å². The molecule has 4 heteroatoms. The molecule has 1 aromatic heterocycles. The zero-order chi connectivity index (χ0) is 14.4. The van der Waals surface area contributed by atoms with Crippen molar-refractivity contribution in [2.75, 3.05) is 6.54 Å². The Kier molecular flexibility index (Phi) is 5.18. The van der Waals surface area contributed by atoms with Crippen LogP contribution in [0.5, 0.6) is 5.75 Å². The number of rotatable bonds is 6. The number of aromatic hydroxyl groups is 1. The number of hydrogen-bond donors (Lipinski definition) is 1. The minimum atomic E-state index is 0.129. The van der Waals surface area contributed by atoms with Gasteiger partial charge in [0.1, 0.15) is 5.75 Å². The van der Waals surface area contributed by atoms with Crippen molar-refractivity contribution in [2.24, 2.45) is 0 Å². The van der Waals surface area contributed by atoms with Gasteiger partial charge in [-0.2, -0.15) is 0 Å². The second-order valence-electron chi connectivity index (χ2n) is 4.62. The van der Waals surface area contributed by atoms with Crippen LogP contribution >= 0.6 is 11.3 Å². The van der Waals surface area contributed by atoms with Gasteiger partial charge in [0.15, 0.2) is 0 Å². The summed E-state index contributed by atoms with van der Waals surface area (Å²) in [4.78, 5) is 15.3. The molecule has 1 amide bonds. The van der Waals surface area contributed by atoms with Gasteiger partial charge in [0.05, 0.1) is 6.54 Å². The number of phenols is 1. The maximum absolute atomic E-state index is 12.2. The number of hydrogen-bond acceptors (Lipinski definition) is 3. The first kappa shape index (κ1) is 14.6. The van der Waals surface area contributed by atoms with Gasteiger partial charge in [-0.3, -0.25) is 4.79 Å². The summed E-state index contributed by atoms with van der Waals surface area (Å²) in [7, 11) is 0. The SMILES string of the molecule is CCN(Cc1cccs1)C(=O)CCc1ccccc1O. The van der Waals surface area contributed by atoms with Gasteiger partial charge in [0.2, 0.25) is 5.91 Å². The highest BCUT2D eigenvalue weighted by atomic mass is 32.1. The Morgan fingerprint density at radius 1 is 1.25 bits per heavy atom. The molecule has 1 aromatic carbocycles. The van der Waals surface area contributed by atoms with Crippen LogP contribution in [0.25, 0.3) is 0 Å². The fraction of sp³-hybridized carbons (Fsp3) is 0.312. The number of nitrogens with zero attached hydrogens (tertiary/aromatic N) is 1. The monoisotopic (exact) mass is 289 g/mol. The van der Waals surface area contributed by atoms with Crippen molar-refractivity contribution < 1.29 is 9.90 Å². The molecule has 3 nitrogen and oxygen atoms in total. The molecule has 0 bridgehead atoms.